The van der Waals surface area contributed by atoms with Crippen LogP contribution in [0.15, 0.2) is 30.3 Å². The zero-order chi connectivity index (χ0) is 72.4. The van der Waals surface area contributed by atoms with Crippen LogP contribution in [0.25, 0.3) is 0 Å². The van der Waals surface area contributed by atoms with E-state index >= 15 is 0 Å². The van der Waals surface area contributed by atoms with E-state index in [1.165, 1.54) is 44.7 Å². The second kappa shape index (κ2) is 40.6. The van der Waals surface area contributed by atoms with Crippen LogP contribution in [-0.4, -0.2) is 215 Å². The highest BCUT2D eigenvalue weighted by Gasteiger charge is 2.42. The molecule has 542 valence electrons. The molecule has 1 heterocycles. The van der Waals surface area contributed by atoms with E-state index in [2.05, 4.69) is 55.0 Å². The fraction of sp³-hybridized carbons (Fsp3) is 0.739. The minimum atomic E-state index is -1.65. The minimum Gasteiger partial charge on any atom is -0.391 e. The lowest BCUT2D eigenvalue weighted by Crippen LogP contribution is -2.62. The summed E-state index contributed by atoms with van der Waals surface area (Å²) >= 11 is 0. The predicted octanol–water partition coefficient (Wildman–Crippen LogP) is 1.82. The number of aliphatic hydroxyl groups is 2. The Hall–Kier alpha value is -7.10. The van der Waals surface area contributed by atoms with Gasteiger partial charge < -0.3 is 67.0 Å². The summed E-state index contributed by atoms with van der Waals surface area (Å²) < 4.78 is 0. The van der Waals surface area contributed by atoms with Crippen molar-refractivity contribution in [1.29, 1.82) is 0 Å². The number of rotatable bonds is 39. The standard InChI is InChI=1S/C69H117N13O14/c1-18-43(10)58(78-70-38-83)68(95)79(15)37-56(86)72-50(32-39(2)3)63(90)75-53(67(94)82-30-23-20-24-31-82)36-55(85)71-45(12)61(88)76-57(42(8)9)69(96)80(16)46(13)62(89)77-59(47(14)84)65(92)73-51(33-40(4)5)64(91)74-52(35-48-27-21-19-22-28-48)66(93)81(17)54(34-41(6)7)60(87)49-29-25-26-44(49)11/h19,21-22,27-28,39-47,49-54,57-59,70,78,83-84H,18,20,23-26,29-38H2,1-17H3,(H,71,85)(H,72,86)(H,73,92)(H,74,91)(H,75,90)(H,76,88)(H,77,89)/t43-,44+,45-,46-,47+,49?,50-,51-,52-,53-,54-,57-,58-,59-/m0/s1. The van der Waals surface area contributed by atoms with Crippen LogP contribution in [0.5, 0.6) is 0 Å². The quantitative estimate of drug-likeness (QED) is 0.0331. The summed E-state index contributed by atoms with van der Waals surface area (Å²) in [6.07, 6.45) is 4.03. The number of Topliss-reactive ketones (excluding diaryl/α,β-unsaturated/α-hetero) is 1. The first-order valence-corrected chi connectivity index (χ1v) is 34.6. The number of benzene rings is 1. The molecule has 1 aliphatic heterocycles. The molecule has 3 rings (SSSR count). The van der Waals surface area contributed by atoms with Crippen LogP contribution in [0.1, 0.15) is 173 Å². The molecule has 0 radical (unpaired) electrons. The number of carbonyl (C=O) groups excluding carboxylic acids is 12. The number of likely N-dealkylation sites (N-methyl/N-ethyl adjacent to an activating group) is 3. The molecule has 14 atom stereocenters. The molecule has 1 aromatic carbocycles. The Morgan fingerprint density at radius 3 is 1.64 bits per heavy atom. The topological polar surface area (TPSA) is 367 Å². The number of piperidine rings is 1. The van der Waals surface area contributed by atoms with Gasteiger partial charge in [-0.05, 0) is 113 Å². The number of carbonyl (C=O) groups is 12. The number of nitrogens with one attached hydrogen (secondary N) is 9. The van der Waals surface area contributed by atoms with Gasteiger partial charge in [-0.3, -0.25) is 57.5 Å². The molecular weight excluding hydrogens is 1230 g/mol. The van der Waals surface area contributed by atoms with E-state index < -0.39 is 157 Å². The number of aliphatic hydroxyl groups excluding tert-OH is 2. The van der Waals surface area contributed by atoms with Crippen molar-refractivity contribution >= 4 is 70.8 Å². The molecule has 27 heteroatoms. The van der Waals surface area contributed by atoms with Crippen LogP contribution in [0.2, 0.25) is 0 Å². The van der Waals surface area contributed by atoms with Gasteiger partial charge in [0.2, 0.25) is 65.0 Å². The summed E-state index contributed by atoms with van der Waals surface area (Å²) in [5.74, 6) is -8.78. The van der Waals surface area contributed by atoms with E-state index in [-0.39, 0.29) is 60.6 Å². The highest BCUT2D eigenvalue weighted by atomic mass is 16.3. The Labute approximate surface area is 569 Å². The molecule has 11 N–H and O–H groups in total. The minimum absolute atomic E-state index is 0.00190. The molecule has 2 fully saturated rings. The maximum Gasteiger partial charge on any atom is 0.245 e. The third-order valence-electron chi connectivity index (χ3n) is 18.3. The van der Waals surface area contributed by atoms with Crippen molar-refractivity contribution in [3.8, 4) is 0 Å². The van der Waals surface area contributed by atoms with Gasteiger partial charge in [-0.15, -0.1) is 0 Å². The molecule has 1 saturated carbocycles. The number of hydrogen-bond donors (Lipinski definition) is 11. The largest absolute Gasteiger partial charge is 0.391 e. The van der Waals surface area contributed by atoms with Crippen LogP contribution in [0.4, 0.5) is 0 Å². The molecule has 2 aliphatic rings. The lowest BCUT2D eigenvalue weighted by Gasteiger charge is -2.34. The summed E-state index contributed by atoms with van der Waals surface area (Å²) in [6.45, 7) is 24.3. The molecule has 1 saturated heterocycles. The van der Waals surface area contributed by atoms with E-state index in [4.69, 9.17) is 0 Å². The van der Waals surface area contributed by atoms with Crippen molar-refractivity contribution in [2.75, 3.05) is 47.5 Å². The van der Waals surface area contributed by atoms with Crippen molar-refractivity contribution in [2.45, 2.75) is 241 Å². The zero-order valence-electron chi connectivity index (χ0n) is 60.2. The first-order valence-electron chi connectivity index (χ1n) is 34.6. The van der Waals surface area contributed by atoms with Gasteiger partial charge in [-0.25, -0.2) is 10.9 Å². The summed E-state index contributed by atoms with van der Waals surface area (Å²) in [4.78, 5) is 174. The maximum absolute atomic E-state index is 14.7. The number of hydrogen-bond acceptors (Lipinski definition) is 16. The van der Waals surface area contributed by atoms with Gasteiger partial charge in [0, 0.05) is 46.6 Å². The van der Waals surface area contributed by atoms with Crippen LogP contribution in [0.3, 0.4) is 0 Å². The van der Waals surface area contributed by atoms with Crippen LogP contribution in [0, 0.1) is 41.4 Å². The number of likely N-dealkylation sites (tertiary alicyclic amines) is 1. The first kappa shape index (κ1) is 83.1. The van der Waals surface area contributed by atoms with Crippen molar-refractivity contribution < 1.29 is 67.7 Å². The number of hydrazine groups is 1. The van der Waals surface area contributed by atoms with Gasteiger partial charge in [0.05, 0.1) is 25.1 Å². The molecule has 96 heavy (non-hydrogen) atoms. The van der Waals surface area contributed by atoms with Crippen LogP contribution in [-0.2, 0) is 64.0 Å². The van der Waals surface area contributed by atoms with E-state index in [0.717, 1.165) is 36.1 Å². The van der Waals surface area contributed by atoms with Gasteiger partial charge in [0.15, 0.2) is 5.78 Å². The molecular formula is C69H117N13O14. The van der Waals surface area contributed by atoms with E-state index in [0.29, 0.717) is 38.8 Å². The Balaban J connectivity index is 1.77. The van der Waals surface area contributed by atoms with E-state index in [1.54, 1.807) is 25.8 Å². The first-order chi connectivity index (χ1) is 45.0. The second-order valence-electron chi connectivity index (χ2n) is 28.3. The number of nitrogens with zero attached hydrogens (tertiary/aromatic N) is 4. The van der Waals surface area contributed by atoms with Crippen LogP contribution < -0.4 is 48.1 Å². The molecule has 11 amide bonds. The average Bonchev–Trinajstić information content (AvgIpc) is 1.18. The third kappa shape index (κ3) is 26.0. The van der Waals surface area contributed by atoms with Gasteiger partial charge in [0.25, 0.3) is 0 Å². The van der Waals surface area contributed by atoms with Gasteiger partial charge >= 0.3 is 0 Å². The van der Waals surface area contributed by atoms with Crippen molar-refractivity contribution in [1.82, 2.24) is 67.7 Å². The van der Waals surface area contributed by atoms with Gasteiger partial charge in [-0.2, -0.15) is 0 Å². The Kier molecular flexibility index (Phi) is 35.1. The second-order valence-corrected chi connectivity index (χ2v) is 28.3. The maximum atomic E-state index is 14.7. The van der Waals surface area contributed by atoms with Gasteiger partial charge in [-0.1, -0.05) is 119 Å². The zero-order valence-corrected chi connectivity index (χ0v) is 60.2. The van der Waals surface area contributed by atoms with Crippen LogP contribution >= 0.6 is 0 Å². The third-order valence-corrected chi connectivity index (χ3v) is 18.3. The Morgan fingerprint density at radius 1 is 0.562 bits per heavy atom. The molecule has 27 nitrogen and oxygen atoms in total. The summed E-state index contributed by atoms with van der Waals surface area (Å²) in [6, 6.07) is -3.05. The normalized spacial score (nSPS) is 18.6. The SMILES string of the molecule is CC[C@H](C)[C@H](NNCO)C(=O)N(C)CC(=O)N[C@@H](CC(C)C)C(=O)N[C@@H](CC(=O)N[C@@H](C)C(=O)N[C@H](C(=O)N(C)[C@@H](C)C(=O)N[C@H](C(=O)N[C@@H](CC(C)C)C(=O)N[C@@H](Cc1ccccc1)C(=O)N(C)[C@@H](CC(C)C)C(=O)C1CCC[C@H]1C)[C@@H](C)O)C(C)C)C(=O)N1CCCCC1. The summed E-state index contributed by atoms with van der Waals surface area (Å²) in [5.41, 5.74) is 6.05. The Morgan fingerprint density at radius 2 is 1.11 bits per heavy atom. The summed E-state index contributed by atoms with van der Waals surface area (Å²) in [5, 5.41) is 39.0. The monoisotopic (exact) mass is 1350 g/mol. The predicted molar refractivity (Wildman–Crippen MR) is 364 cm³/mol. The molecule has 0 bridgehead atoms. The number of ketones is 1. The fourth-order valence-electron chi connectivity index (χ4n) is 12.1. The van der Waals surface area contributed by atoms with E-state index in [9.17, 15) is 67.7 Å². The van der Waals surface area contributed by atoms with Gasteiger partial charge in [0.1, 0.15) is 61.1 Å². The molecule has 1 aliphatic carbocycles. The smallest absolute Gasteiger partial charge is 0.245 e. The van der Waals surface area contributed by atoms with Crippen molar-refractivity contribution in [3.63, 3.8) is 0 Å². The molecule has 0 aromatic heterocycles. The summed E-state index contributed by atoms with van der Waals surface area (Å²) in [7, 11) is 4.34. The number of amides is 11. The molecule has 1 unspecified atom stereocenters. The van der Waals surface area contributed by atoms with Crippen molar-refractivity contribution in [2.24, 2.45) is 41.4 Å². The average molecular weight is 1350 g/mol. The highest BCUT2D eigenvalue weighted by molar-refractivity contribution is 5.99. The highest BCUT2D eigenvalue weighted by Crippen LogP contribution is 2.34. The lowest BCUT2D eigenvalue weighted by atomic mass is 9.85. The molecule has 1 aromatic rings. The lowest BCUT2D eigenvalue weighted by molar-refractivity contribution is -0.144. The Bertz CT molecular complexity index is 2750. The van der Waals surface area contributed by atoms with Crippen molar-refractivity contribution in [3.05, 3.63) is 35.9 Å². The molecule has 0 spiro atoms. The van der Waals surface area contributed by atoms with E-state index in [1.807, 2.05) is 85.7 Å². The fourth-order valence-corrected chi connectivity index (χ4v) is 12.1.